The quantitative estimate of drug-likeness (QED) is 0.881. The van der Waals surface area contributed by atoms with Gasteiger partial charge in [0.1, 0.15) is 11.9 Å². The van der Waals surface area contributed by atoms with E-state index < -0.39 is 6.10 Å². The maximum Gasteiger partial charge on any atom is 0.308 e. The Balaban J connectivity index is 1.79. The molecule has 122 valence electrons. The Hall–Kier alpha value is -2.14. The van der Waals surface area contributed by atoms with Crippen molar-refractivity contribution >= 4 is 5.97 Å². The highest BCUT2D eigenvalue weighted by Gasteiger charge is 2.27. The number of hydrogen-bond acceptors (Lipinski definition) is 4. The van der Waals surface area contributed by atoms with E-state index in [0.29, 0.717) is 19.4 Å². The minimum atomic E-state index is -0.583. The van der Waals surface area contributed by atoms with E-state index in [1.54, 1.807) is 0 Å². The predicted molar refractivity (Wildman–Crippen MR) is 86.9 cm³/mol. The van der Waals surface area contributed by atoms with Gasteiger partial charge in [-0.1, -0.05) is 30.3 Å². The highest BCUT2D eigenvalue weighted by atomic mass is 16.5. The topological polar surface area (TPSA) is 64.3 Å². The first-order chi connectivity index (χ1) is 11.0. The smallest absolute Gasteiger partial charge is 0.308 e. The Kier molecular flexibility index (Phi) is 4.48. The van der Waals surface area contributed by atoms with Crippen LogP contribution in [0.1, 0.15) is 30.7 Å². The Bertz CT molecular complexity index is 694. The number of aliphatic hydroxyl groups is 1. The summed E-state index contributed by atoms with van der Waals surface area (Å²) in [5.41, 5.74) is 3.19. The lowest BCUT2D eigenvalue weighted by Crippen LogP contribution is -2.33. The highest BCUT2D eigenvalue weighted by Crippen LogP contribution is 2.24. The summed E-state index contributed by atoms with van der Waals surface area (Å²) < 4.78 is 7.50. The zero-order valence-corrected chi connectivity index (χ0v) is 13.5. The molecular formula is C18H22N2O3. The first-order valence-electron chi connectivity index (χ1n) is 8.01. The summed E-state index contributed by atoms with van der Waals surface area (Å²) >= 11 is 0. The van der Waals surface area contributed by atoms with Crippen molar-refractivity contribution in [1.82, 2.24) is 9.55 Å². The summed E-state index contributed by atoms with van der Waals surface area (Å²) in [7, 11) is 0. The van der Waals surface area contributed by atoms with Crippen molar-refractivity contribution in [2.24, 2.45) is 0 Å². The van der Waals surface area contributed by atoms with Gasteiger partial charge in [-0.3, -0.25) is 4.79 Å². The standard InChI is InChI=1S/C18H22N2O3/c1-12-13(2)20(18(19-12)14-6-4-3-5-7-14)9-8-16-10-15(21)11-17(22)23-16/h3-7,15-16,21H,8-11H2,1-2H3/t15-,16-/m0/s1. The van der Waals surface area contributed by atoms with Gasteiger partial charge in [-0.05, 0) is 13.8 Å². The zero-order valence-electron chi connectivity index (χ0n) is 13.5. The van der Waals surface area contributed by atoms with Crippen LogP contribution in [0.4, 0.5) is 0 Å². The van der Waals surface area contributed by atoms with Crippen molar-refractivity contribution in [3.05, 3.63) is 41.7 Å². The number of carbonyl (C=O) groups excluding carboxylic acids is 1. The summed E-state index contributed by atoms with van der Waals surface area (Å²) in [6.45, 7) is 4.76. The molecule has 1 N–H and O–H groups in total. The fourth-order valence-corrected chi connectivity index (χ4v) is 3.05. The summed E-state index contributed by atoms with van der Waals surface area (Å²) in [5.74, 6) is 0.624. The van der Waals surface area contributed by atoms with E-state index >= 15 is 0 Å². The number of nitrogens with zero attached hydrogens (tertiary/aromatic N) is 2. The molecule has 0 unspecified atom stereocenters. The van der Waals surface area contributed by atoms with Crippen LogP contribution in [0.15, 0.2) is 30.3 Å². The molecular weight excluding hydrogens is 292 g/mol. The van der Waals surface area contributed by atoms with Gasteiger partial charge in [-0.2, -0.15) is 0 Å². The Morgan fingerprint density at radius 2 is 2.04 bits per heavy atom. The number of carbonyl (C=O) groups is 1. The van der Waals surface area contributed by atoms with Crippen LogP contribution in [0.3, 0.4) is 0 Å². The van der Waals surface area contributed by atoms with Gasteiger partial charge in [-0.25, -0.2) is 4.98 Å². The number of ether oxygens (including phenoxy) is 1. The third-order valence-corrected chi connectivity index (χ3v) is 4.40. The van der Waals surface area contributed by atoms with Crippen LogP contribution in [0.25, 0.3) is 11.4 Å². The molecule has 0 spiro atoms. The fourth-order valence-electron chi connectivity index (χ4n) is 3.05. The maximum atomic E-state index is 11.5. The number of imidazole rings is 1. The second-order valence-electron chi connectivity index (χ2n) is 6.12. The van der Waals surface area contributed by atoms with Gasteiger partial charge >= 0.3 is 5.97 Å². The summed E-state index contributed by atoms with van der Waals surface area (Å²) in [6.07, 6.45) is 0.491. The van der Waals surface area contributed by atoms with Crippen LogP contribution in [0.2, 0.25) is 0 Å². The SMILES string of the molecule is Cc1nc(-c2ccccc2)n(CC[C@H]2C[C@H](O)CC(=O)O2)c1C. The van der Waals surface area contributed by atoms with Gasteiger partial charge < -0.3 is 14.4 Å². The molecule has 23 heavy (non-hydrogen) atoms. The summed E-state index contributed by atoms with van der Waals surface area (Å²) in [5, 5.41) is 9.72. The zero-order chi connectivity index (χ0) is 16.4. The second kappa shape index (κ2) is 6.54. The van der Waals surface area contributed by atoms with Crippen LogP contribution >= 0.6 is 0 Å². The van der Waals surface area contributed by atoms with Crippen LogP contribution in [0.5, 0.6) is 0 Å². The number of aryl methyl sites for hydroxylation is 1. The number of esters is 1. The van der Waals surface area contributed by atoms with Gasteiger partial charge in [-0.15, -0.1) is 0 Å². The predicted octanol–water partition coefficient (Wildman–Crippen LogP) is 2.62. The van der Waals surface area contributed by atoms with Crippen molar-refractivity contribution in [3.8, 4) is 11.4 Å². The average molecular weight is 314 g/mol. The Morgan fingerprint density at radius 3 is 2.74 bits per heavy atom. The lowest BCUT2D eigenvalue weighted by molar-refractivity contribution is -0.160. The molecule has 1 saturated heterocycles. The lowest BCUT2D eigenvalue weighted by Gasteiger charge is -2.26. The normalized spacial score (nSPS) is 21.3. The Morgan fingerprint density at radius 1 is 1.30 bits per heavy atom. The molecule has 3 rings (SSSR count). The van der Waals surface area contributed by atoms with Gasteiger partial charge in [0, 0.05) is 30.6 Å². The van der Waals surface area contributed by atoms with E-state index in [4.69, 9.17) is 4.74 Å². The lowest BCUT2D eigenvalue weighted by atomic mass is 10.0. The number of aromatic nitrogens is 2. The molecule has 0 amide bonds. The molecule has 0 bridgehead atoms. The maximum absolute atomic E-state index is 11.5. The molecule has 2 atom stereocenters. The number of hydrogen-bond donors (Lipinski definition) is 1. The molecule has 2 aromatic rings. The highest BCUT2D eigenvalue weighted by molar-refractivity contribution is 5.70. The molecule has 1 aliphatic heterocycles. The minimum absolute atomic E-state index is 0.106. The first-order valence-corrected chi connectivity index (χ1v) is 8.01. The molecule has 0 radical (unpaired) electrons. The van der Waals surface area contributed by atoms with Crippen molar-refractivity contribution in [2.75, 3.05) is 0 Å². The molecule has 0 saturated carbocycles. The molecule has 1 aromatic heterocycles. The molecule has 2 heterocycles. The monoisotopic (exact) mass is 314 g/mol. The van der Waals surface area contributed by atoms with Gasteiger partial charge in [0.2, 0.25) is 0 Å². The third-order valence-electron chi connectivity index (χ3n) is 4.40. The number of rotatable bonds is 4. The summed E-state index contributed by atoms with van der Waals surface area (Å²) in [4.78, 5) is 16.1. The second-order valence-corrected chi connectivity index (χ2v) is 6.12. The molecule has 5 heteroatoms. The van der Waals surface area contributed by atoms with Crippen LogP contribution < -0.4 is 0 Å². The van der Waals surface area contributed by atoms with Crippen molar-refractivity contribution in [3.63, 3.8) is 0 Å². The number of aliphatic hydroxyl groups excluding tert-OH is 1. The summed E-state index contributed by atoms with van der Waals surface area (Å²) in [6, 6.07) is 10.1. The van der Waals surface area contributed by atoms with Crippen LogP contribution in [-0.2, 0) is 16.1 Å². The first kappa shape index (κ1) is 15.7. The molecule has 1 fully saturated rings. The molecule has 1 aliphatic rings. The largest absolute Gasteiger partial charge is 0.462 e. The van der Waals surface area contributed by atoms with E-state index in [-0.39, 0.29) is 18.5 Å². The van der Waals surface area contributed by atoms with Gasteiger partial charge in [0.05, 0.1) is 18.2 Å². The van der Waals surface area contributed by atoms with E-state index in [2.05, 4.69) is 16.5 Å². The van der Waals surface area contributed by atoms with Gasteiger partial charge in [0.15, 0.2) is 0 Å². The molecule has 5 nitrogen and oxygen atoms in total. The van der Waals surface area contributed by atoms with E-state index in [9.17, 15) is 9.90 Å². The van der Waals surface area contributed by atoms with E-state index in [0.717, 1.165) is 22.8 Å². The fraction of sp³-hybridized carbons (Fsp3) is 0.444. The number of cyclic esters (lactones) is 1. The molecule has 0 aliphatic carbocycles. The Labute approximate surface area is 135 Å². The van der Waals surface area contributed by atoms with Gasteiger partial charge in [0.25, 0.3) is 0 Å². The van der Waals surface area contributed by atoms with Crippen LogP contribution in [0, 0.1) is 13.8 Å². The van der Waals surface area contributed by atoms with Crippen molar-refractivity contribution in [2.45, 2.75) is 51.9 Å². The van der Waals surface area contributed by atoms with E-state index in [1.807, 2.05) is 37.3 Å². The molecule has 1 aromatic carbocycles. The third kappa shape index (κ3) is 3.45. The van der Waals surface area contributed by atoms with Crippen LogP contribution in [-0.4, -0.2) is 32.8 Å². The average Bonchev–Trinajstić information content (AvgIpc) is 2.81. The van der Waals surface area contributed by atoms with E-state index in [1.165, 1.54) is 0 Å². The minimum Gasteiger partial charge on any atom is -0.462 e. The number of benzene rings is 1. The van der Waals surface area contributed by atoms with Crippen molar-refractivity contribution < 1.29 is 14.6 Å². The van der Waals surface area contributed by atoms with Crippen molar-refractivity contribution in [1.29, 1.82) is 0 Å².